The molecule has 82 valence electrons. The van der Waals surface area contributed by atoms with Crippen molar-refractivity contribution in [3.63, 3.8) is 0 Å². The Hall–Kier alpha value is -0.740. The standard InChI is InChI=1S/C11H16N2OS/c1-8-7-13-11(15-8)10(14)6-9-2-4-12-5-3-9/h7,9,12H,2-6H2,1H3. The molecule has 2 rings (SSSR count). The van der Waals surface area contributed by atoms with E-state index in [1.54, 1.807) is 6.20 Å². The molecular weight excluding hydrogens is 208 g/mol. The van der Waals surface area contributed by atoms with E-state index in [1.807, 2.05) is 6.92 Å². The lowest BCUT2D eigenvalue weighted by Crippen LogP contribution is -2.28. The average molecular weight is 224 g/mol. The van der Waals surface area contributed by atoms with Crippen molar-refractivity contribution in [1.82, 2.24) is 10.3 Å². The van der Waals surface area contributed by atoms with Crippen molar-refractivity contribution < 1.29 is 4.79 Å². The van der Waals surface area contributed by atoms with Gasteiger partial charge in [0.1, 0.15) is 0 Å². The van der Waals surface area contributed by atoms with Crippen molar-refractivity contribution in [3.8, 4) is 0 Å². The van der Waals surface area contributed by atoms with Gasteiger partial charge in [0.25, 0.3) is 0 Å². The second-order valence-corrected chi connectivity index (χ2v) is 5.33. The molecule has 1 saturated heterocycles. The van der Waals surface area contributed by atoms with Gasteiger partial charge in [0, 0.05) is 17.5 Å². The van der Waals surface area contributed by atoms with Crippen LogP contribution in [0.5, 0.6) is 0 Å². The van der Waals surface area contributed by atoms with Crippen LogP contribution < -0.4 is 5.32 Å². The van der Waals surface area contributed by atoms with Gasteiger partial charge in [-0.25, -0.2) is 4.98 Å². The number of aryl methyl sites for hydroxylation is 1. The van der Waals surface area contributed by atoms with Gasteiger partial charge in [-0.15, -0.1) is 11.3 Å². The predicted molar refractivity (Wildman–Crippen MR) is 61.4 cm³/mol. The number of carbonyl (C=O) groups is 1. The number of piperidine rings is 1. The third-order valence-electron chi connectivity index (χ3n) is 2.79. The molecule has 0 unspecified atom stereocenters. The molecule has 0 bridgehead atoms. The molecule has 1 aromatic heterocycles. The van der Waals surface area contributed by atoms with E-state index in [1.165, 1.54) is 11.3 Å². The highest BCUT2D eigenvalue weighted by atomic mass is 32.1. The van der Waals surface area contributed by atoms with Crippen molar-refractivity contribution >= 4 is 17.1 Å². The Labute approximate surface area is 93.9 Å². The monoisotopic (exact) mass is 224 g/mol. The van der Waals surface area contributed by atoms with E-state index in [-0.39, 0.29) is 5.78 Å². The first kappa shape index (κ1) is 10.8. The molecule has 15 heavy (non-hydrogen) atoms. The smallest absolute Gasteiger partial charge is 0.191 e. The molecule has 2 heterocycles. The van der Waals surface area contributed by atoms with E-state index in [9.17, 15) is 4.79 Å². The zero-order valence-corrected chi connectivity index (χ0v) is 9.77. The number of carbonyl (C=O) groups excluding carboxylic acids is 1. The molecule has 1 aliphatic heterocycles. The minimum absolute atomic E-state index is 0.222. The summed E-state index contributed by atoms with van der Waals surface area (Å²) in [5, 5.41) is 3.99. The summed E-state index contributed by atoms with van der Waals surface area (Å²) in [4.78, 5) is 17.1. The highest BCUT2D eigenvalue weighted by Crippen LogP contribution is 2.20. The van der Waals surface area contributed by atoms with Gasteiger partial charge in [-0.2, -0.15) is 0 Å². The number of nitrogens with one attached hydrogen (secondary N) is 1. The van der Waals surface area contributed by atoms with Crippen LogP contribution in [0.2, 0.25) is 0 Å². The fourth-order valence-electron chi connectivity index (χ4n) is 1.92. The number of thiazole rings is 1. The van der Waals surface area contributed by atoms with Gasteiger partial charge in [-0.05, 0) is 38.8 Å². The Morgan fingerprint density at radius 2 is 2.33 bits per heavy atom. The summed E-state index contributed by atoms with van der Waals surface area (Å²) in [6.07, 6.45) is 4.70. The van der Waals surface area contributed by atoms with Crippen molar-refractivity contribution in [2.24, 2.45) is 5.92 Å². The molecule has 0 aliphatic carbocycles. The maximum atomic E-state index is 11.9. The number of ketones is 1. The van der Waals surface area contributed by atoms with Gasteiger partial charge in [0.2, 0.25) is 0 Å². The maximum absolute atomic E-state index is 11.9. The lowest BCUT2D eigenvalue weighted by molar-refractivity contribution is 0.0952. The van der Waals surface area contributed by atoms with Crippen molar-refractivity contribution in [2.45, 2.75) is 26.2 Å². The van der Waals surface area contributed by atoms with Crippen LogP contribution in [-0.4, -0.2) is 23.9 Å². The first-order valence-corrected chi connectivity index (χ1v) is 6.23. The van der Waals surface area contributed by atoms with Crippen LogP contribution in [-0.2, 0) is 0 Å². The van der Waals surface area contributed by atoms with Gasteiger partial charge < -0.3 is 5.32 Å². The van der Waals surface area contributed by atoms with Crippen LogP contribution in [0.1, 0.15) is 33.9 Å². The Kier molecular flexibility index (Phi) is 3.49. The minimum atomic E-state index is 0.222. The molecule has 1 aromatic rings. The topological polar surface area (TPSA) is 42.0 Å². The van der Waals surface area contributed by atoms with Gasteiger partial charge >= 0.3 is 0 Å². The second kappa shape index (κ2) is 4.86. The molecule has 1 N–H and O–H groups in total. The summed E-state index contributed by atoms with van der Waals surface area (Å²) >= 11 is 1.51. The molecule has 0 spiro atoms. The van der Waals surface area contributed by atoms with Gasteiger partial charge in [-0.3, -0.25) is 4.79 Å². The number of aromatic nitrogens is 1. The molecular formula is C11H16N2OS. The molecule has 4 heteroatoms. The summed E-state index contributed by atoms with van der Waals surface area (Å²) in [6, 6.07) is 0. The van der Waals surface area contributed by atoms with Crippen LogP contribution in [0.15, 0.2) is 6.20 Å². The Morgan fingerprint density at radius 3 is 2.93 bits per heavy atom. The van der Waals surface area contributed by atoms with Crippen LogP contribution in [0.4, 0.5) is 0 Å². The number of hydrogen-bond acceptors (Lipinski definition) is 4. The van der Waals surface area contributed by atoms with E-state index >= 15 is 0 Å². The van der Waals surface area contributed by atoms with Crippen molar-refractivity contribution in [1.29, 1.82) is 0 Å². The fourth-order valence-corrected chi connectivity index (χ4v) is 2.63. The third-order valence-corrected chi connectivity index (χ3v) is 3.75. The third kappa shape index (κ3) is 2.86. The lowest BCUT2D eigenvalue weighted by atomic mass is 9.93. The van der Waals surface area contributed by atoms with Crippen molar-refractivity contribution in [3.05, 3.63) is 16.1 Å². The Balaban J connectivity index is 1.91. The largest absolute Gasteiger partial charge is 0.317 e. The second-order valence-electron chi connectivity index (χ2n) is 4.10. The van der Waals surface area contributed by atoms with Crippen molar-refractivity contribution in [2.75, 3.05) is 13.1 Å². The summed E-state index contributed by atoms with van der Waals surface area (Å²) in [7, 11) is 0. The number of hydrogen-bond donors (Lipinski definition) is 1. The van der Waals surface area contributed by atoms with Gasteiger partial charge in [0.15, 0.2) is 10.8 Å². The molecule has 3 nitrogen and oxygen atoms in total. The van der Waals surface area contributed by atoms with E-state index in [0.29, 0.717) is 17.3 Å². The SMILES string of the molecule is Cc1cnc(C(=O)CC2CCNCC2)s1. The molecule has 1 aliphatic rings. The van der Waals surface area contributed by atoms with E-state index in [2.05, 4.69) is 10.3 Å². The summed E-state index contributed by atoms with van der Waals surface area (Å²) in [6.45, 7) is 4.09. The highest BCUT2D eigenvalue weighted by molar-refractivity contribution is 7.13. The van der Waals surface area contributed by atoms with Crippen LogP contribution >= 0.6 is 11.3 Å². The van der Waals surface area contributed by atoms with Crippen LogP contribution in [0.25, 0.3) is 0 Å². The lowest BCUT2D eigenvalue weighted by Gasteiger charge is -2.21. The first-order chi connectivity index (χ1) is 7.25. The minimum Gasteiger partial charge on any atom is -0.317 e. The van der Waals surface area contributed by atoms with E-state index < -0.39 is 0 Å². The summed E-state index contributed by atoms with van der Waals surface area (Å²) < 4.78 is 0. The number of nitrogens with zero attached hydrogens (tertiary/aromatic N) is 1. The molecule has 0 saturated carbocycles. The van der Waals surface area contributed by atoms with Crippen LogP contribution in [0.3, 0.4) is 0 Å². The summed E-state index contributed by atoms with van der Waals surface area (Å²) in [5.41, 5.74) is 0. The normalized spacial score (nSPS) is 17.9. The zero-order valence-electron chi connectivity index (χ0n) is 8.95. The molecule has 1 fully saturated rings. The van der Waals surface area contributed by atoms with Gasteiger partial charge in [0.05, 0.1) is 0 Å². The van der Waals surface area contributed by atoms with E-state index in [0.717, 1.165) is 30.8 Å². The number of Topliss-reactive ketones (excluding diaryl/α,β-unsaturated/α-hetero) is 1. The Morgan fingerprint density at radius 1 is 1.60 bits per heavy atom. The molecule has 0 atom stereocenters. The summed E-state index contributed by atoms with van der Waals surface area (Å²) in [5.74, 6) is 0.781. The average Bonchev–Trinajstić information content (AvgIpc) is 2.66. The molecule has 0 radical (unpaired) electrons. The van der Waals surface area contributed by atoms with E-state index in [4.69, 9.17) is 0 Å². The van der Waals surface area contributed by atoms with Crippen LogP contribution in [0, 0.1) is 12.8 Å². The number of rotatable bonds is 3. The molecule has 0 aromatic carbocycles. The maximum Gasteiger partial charge on any atom is 0.191 e. The first-order valence-electron chi connectivity index (χ1n) is 5.42. The molecule has 0 amide bonds. The van der Waals surface area contributed by atoms with Gasteiger partial charge in [-0.1, -0.05) is 0 Å². The fraction of sp³-hybridized carbons (Fsp3) is 0.636. The highest BCUT2D eigenvalue weighted by Gasteiger charge is 2.19. The zero-order chi connectivity index (χ0) is 10.7. The quantitative estimate of drug-likeness (QED) is 0.799. The Bertz CT molecular complexity index is 342. The predicted octanol–water partition coefficient (Wildman–Crippen LogP) is 2.02.